The molecule has 0 aliphatic heterocycles. The third kappa shape index (κ3) is 2.50. The minimum Gasteiger partial charge on any atom is -0.308 e. The van der Waals surface area contributed by atoms with Crippen LogP contribution >= 0.6 is 15.9 Å². The van der Waals surface area contributed by atoms with Crippen molar-refractivity contribution in [2.24, 2.45) is 0 Å². The molecule has 3 rings (SSSR count). The lowest BCUT2D eigenvalue weighted by Crippen LogP contribution is -2.27. The summed E-state index contributed by atoms with van der Waals surface area (Å²) in [6.45, 7) is 3.06. The van der Waals surface area contributed by atoms with E-state index in [0.717, 1.165) is 29.6 Å². The summed E-state index contributed by atoms with van der Waals surface area (Å²) in [6.07, 6.45) is 6.00. The van der Waals surface area contributed by atoms with Crippen LogP contribution in [0.5, 0.6) is 0 Å². The molecule has 1 aliphatic rings. The fourth-order valence-electron chi connectivity index (χ4n) is 3.04. The quantitative estimate of drug-likeness (QED) is 0.929. The summed E-state index contributed by atoms with van der Waals surface area (Å²) in [4.78, 5) is 9.19. The highest BCUT2D eigenvalue weighted by atomic mass is 79.9. The van der Waals surface area contributed by atoms with Crippen LogP contribution in [0, 0.1) is 0 Å². The summed E-state index contributed by atoms with van der Waals surface area (Å²) in [6, 6.07) is 8.45. The number of aryl methyl sites for hydroxylation is 1. The molecule has 2 aromatic rings. The summed E-state index contributed by atoms with van der Waals surface area (Å²) in [5.74, 6) is 0.400. The molecule has 3 nitrogen and oxygen atoms in total. The lowest BCUT2D eigenvalue weighted by Gasteiger charge is -2.25. The number of nitrogens with one attached hydrogen (secondary N) is 1. The monoisotopic (exact) mass is 331 g/mol. The second-order valence-corrected chi connectivity index (χ2v) is 5.95. The van der Waals surface area contributed by atoms with E-state index in [0.29, 0.717) is 5.92 Å². The van der Waals surface area contributed by atoms with Crippen LogP contribution in [0.1, 0.15) is 42.3 Å². The normalized spacial score (nSPS) is 18.8. The van der Waals surface area contributed by atoms with Crippen molar-refractivity contribution in [2.45, 2.75) is 31.7 Å². The predicted octanol–water partition coefficient (Wildman–Crippen LogP) is 3.62. The van der Waals surface area contributed by atoms with Crippen LogP contribution in [0.2, 0.25) is 0 Å². The van der Waals surface area contributed by atoms with E-state index in [4.69, 9.17) is 0 Å². The maximum Gasteiger partial charge on any atom is 0.0721 e. The maximum absolute atomic E-state index is 4.62. The molecule has 0 saturated heterocycles. The van der Waals surface area contributed by atoms with E-state index in [9.17, 15) is 0 Å². The smallest absolute Gasteiger partial charge is 0.0721 e. The fraction of sp³-hybridized carbons (Fsp3) is 0.375. The first-order valence-electron chi connectivity index (χ1n) is 7.09. The largest absolute Gasteiger partial charge is 0.308 e. The minimum absolute atomic E-state index is 0.215. The van der Waals surface area contributed by atoms with Gasteiger partial charge in [-0.2, -0.15) is 0 Å². The van der Waals surface area contributed by atoms with Gasteiger partial charge in [0.25, 0.3) is 0 Å². The summed E-state index contributed by atoms with van der Waals surface area (Å²) < 4.78 is 1.07. The van der Waals surface area contributed by atoms with E-state index < -0.39 is 0 Å². The number of hydrogen-bond acceptors (Lipinski definition) is 3. The Morgan fingerprint density at radius 2 is 2.10 bits per heavy atom. The molecular weight excluding hydrogens is 314 g/mol. The Labute approximate surface area is 128 Å². The summed E-state index contributed by atoms with van der Waals surface area (Å²) >= 11 is 3.63. The highest BCUT2D eigenvalue weighted by Crippen LogP contribution is 2.41. The van der Waals surface area contributed by atoms with Gasteiger partial charge in [-0.3, -0.25) is 9.97 Å². The van der Waals surface area contributed by atoms with Gasteiger partial charge in [-0.1, -0.05) is 13.0 Å². The van der Waals surface area contributed by atoms with Gasteiger partial charge in [0.15, 0.2) is 0 Å². The minimum atomic E-state index is 0.215. The molecule has 1 N–H and O–H groups in total. The Kier molecular flexibility index (Phi) is 4.13. The van der Waals surface area contributed by atoms with E-state index in [1.807, 2.05) is 24.5 Å². The van der Waals surface area contributed by atoms with Crippen molar-refractivity contribution in [3.8, 4) is 0 Å². The third-order valence-electron chi connectivity index (χ3n) is 3.91. The summed E-state index contributed by atoms with van der Waals surface area (Å²) in [7, 11) is 0. The molecule has 0 amide bonds. The van der Waals surface area contributed by atoms with Gasteiger partial charge in [-0.05, 0) is 59.1 Å². The number of hydrogen-bond donors (Lipinski definition) is 1. The molecule has 2 heterocycles. The van der Waals surface area contributed by atoms with Crippen LogP contribution < -0.4 is 5.32 Å². The number of rotatable bonds is 4. The third-order valence-corrected chi connectivity index (χ3v) is 4.58. The standard InChI is InChI=1S/C16H18BrN3/c1-2-18-15(16-13(17)6-4-10-20-16)12-8-7-11-5-3-9-19-14(11)12/h3-6,9-10,12,15,18H,2,7-8H2,1H3. The number of fused-ring (bicyclic) bond motifs is 1. The first-order chi connectivity index (χ1) is 9.81. The first-order valence-corrected chi connectivity index (χ1v) is 7.88. The van der Waals surface area contributed by atoms with Crippen molar-refractivity contribution in [1.82, 2.24) is 15.3 Å². The second-order valence-electron chi connectivity index (χ2n) is 5.10. The number of pyridine rings is 2. The Balaban J connectivity index is 1.99. The molecule has 0 saturated carbocycles. The van der Waals surface area contributed by atoms with Gasteiger partial charge in [0.2, 0.25) is 0 Å². The number of likely N-dealkylation sites (N-methyl/N-ethyl adjacent to an activating group) is 1. The molecule has 0 aromatic carbocycles. The molecule has 2 atom stereocenters. The SMILES string of the molecule is CCNC(c1ncccc1Br)C1CCc2cccnc21. The summed E-state index contributed by atoms with van der Waals surface area (Å²) in [5.41, 5.74) is 3.70. The van der Waals surface area contributed by atoms with Crippen LogP contribution in [0.3, 0.4) is 0 Å². The first kappa shape index (κ1) is 13.7. The van der Waals surface area contributed by atoms with Crippen molar-refractivity contribution in [1.29, 1.82) is 0 Å². The molecule has 104 valence electrons. The van der Waals surface area contributed by atoms with Crippen molar-refractivity contribution < 1.29 is 0 Å². The Hall–Kier alpha value is -1.26. The highest BCUT2D eigenvalue weighted by Gasteiger charge is 2.33. The zero-order valence-corrected chi connectivity index (χ0v) is 13.1. The highest BCUT2D eigenvalue weighted by molar-refractivity contribution is 9.10. The molecule has 0 spiro atoms. The molecule has 0 fully saturated rings. The van der Waals surface area contributed by atoms with Gasteiger partial charge in [0.05, 0.1) is 11.7 Å². The molecule has 0 bridgehead atoms. The van der Waals surface area contributed by atoms with Crippen LogP contribution in [0.4, 0.5) is 0 Å². The van der Waals surface area contributed by atoms with Crippen LogP contribution in [0.25, 0.3) is 0 Å². The maximum atomic E-state index is 4.62. The average molecular weight is 332 g/mol. The molecule has 20 heavy (non-hydrogen) atoms. The van der Waals surface area contributed by atoms with Gasteiger partial charge in [-0.15, -0.1) is 0 Å². The number of halogens is 1. The average Bonchev–Trinajstić information content (AvgIpc) is 2.90. The number of aromatic nitrogens is 2. The van der Waals surface area contributed by atoms with Gasteiger partial charge < -0.3 is 5.32 Å². The van der Waals surface area contributed by atoms with E-state index in [1.165, 1.54) is 11.3 Å². The van der Waals surface area contributed by atoms with E-state index in [2.05, 4.69) is 50.3 Å². The van der Waals surface area contributed by atoms with E-state index >= 15 is 0 Å². The van der Waals surface area contributed by atoms with Crippen molar-refractivity contribution in [3.05, 3.63) is 58.1 Å². The van der Waals surface area contributed by atoms with E-state index in [-0.39, 0.29) is 6.04 Å². The van der Waals surface area contributed by atoms with Gasteiger partial charge in [0, 0.05) is 28.5 Å². The van der Waals surface area contributed by atoms with Gasteiger partial charge in [0.1, 0.15) is 0 Å². The Morgan fingerprint density at radius 1 is 1.30 bits per heavy atom. The Bertz CT molecular complexity index is 600. The lowest BCUT2D eigenvalue weighted by atomic mass is 9.93. The van der Waals surface area contributed by atoms with Crippen LogP contribution in [-0.4, -0.2) is 16.5 Å². The molecule has 4 heteroatoms. The van der Waals surface area contributed by atoms with Crippen LogP contribution in [0.15, 0.2) is 41.1 Å². The van der Waals surface area contributed by atoms with Gasteiger partial charge in [-0.25, -0.2) is 0 Å². The van der Waals surface area contributed by atoms with Crippen molar-refractivity contribution in [2.75, 3.05) is 6.54 Å². The topological polar surface area (TPSA) is 37.8 Å². The molecule has 1 aliphatic carbocycles. The predicted molar refractivity (Wildman–Crippen MR) is 83.7 cm³/mol. The zero-order valence-electron chi connectivity index (χ0n) is 11.5. The van der Waals surface area contributed by atoms with Crippen molar-refractivity contribution >= 4 is 15.9 Å². The molecule has 2 aromatic heterocycles. The molecule has 2 unspecified atom stereocenters. The fourth-order valence-corrected chi connectivity index (χ4v) is 3.55. The van der Waals surface area contributed by atoms with Crippen LogP contribution in [-0.2, 0) is 6.42 Å². The second kappa shape index (κ2) is 6.02. The van der Waals surface area contributed by atoms with E-state index in [1.54, 1.807) is 0 Å². The van der Waals surface area contributed by atoms with Crippen molar-refractivity contribution in [3.63, 3.8) is 0 Å². The Morgan fingerprint density at radius 3 is 2.90 bits per heavy atom. The molecular formula is C16H18BrN3. The van der Waals surface area contributed by atoms with Gasteiger partial charge >= 0.3 is 0 Å². The summed E-state index contributed by atoms with van der Waals surface area (Å²) in [5, 5.41) is 3.59. The zero-order chi connectivity index (χ0) is 13.9. The lowest BCUT2D eigenvalue weighted by molar-refractivity contribution is 0.437. The number of nitrogens with zero attached hydrogens (tertiary/aromatic N) is 2. The molecule has 0 radical (unpaired) electrons.